The summed E-state index contributed by atoms with van der Waals surface area (Å²) in [6.45, 7) is 1.18. The van der Waals surface area contributed by atoms with Crippen molar-refractivity contribution in [2.75, 3.05) is 57.6 Å². The van der Waals surface area contributed by atoms with Gasteiger partial charge >= 0.3 is 0 Å². The second-order valence-corrected chi connectivity index (χ2v) is 12.7. The van der Waals surface area contributed by atoms with E-state index in [1.54, 1.807) is 39.2 Å². The van der Waals surface area contributed by atoms with Crippen molar-refractivity contribution in [3.05, 3.63) is 34.1 Å². The molecule has 13 nitrogen and oxygen atoms in total. The van der Waals surface area contributed by atoms with Crippen LogP contribution in [0.4, 0.5) is 11.4 Å². The molecule has 0 bridgehead atoms. The third-order valence-corrected chi connectivity index (χ3v) is 9.76. The number of carbonyl (C=O) groups excluding carboxylic acids is 4. The maximum Gasteiger partial charge on any atom is 0.255 e. The van der Waals surface area contributed by atoms with E-state index in [1.165, 1.54) is 9.80 Å². The third-order valence-electron chi connectivity index (χ3n) is 9.76. The Morgan fingerprint density at radius 1 is 1.07 bits per heavy atom. The molecule has 43 heavy (non-hydrogen) atoms. The fraction of sp³-hybridized carbons (Fsp3) is 0.533. The molecule has 230 valence electrons. The van der Waals surface area contributed by atoms with Crippen LogP contribution in [-0.4, -0.2) is 119 Å². The molecule has 1 aromatic carbocycles. The minimum atomic E-state index is -2.71. The van der Waals surface area contributed by atoms with Crippen molar-refractivity contribution in [2.24, 2.45) is 17.6 Å². The molecular weight excluding hydrogens is 558 g/mol. The van der Waals surface area contributed by atoms with Crippen LogP contribution in [0.25, 0.3) is 5.76 Å². The molecule has 1 heterocycles. The van der Waals surface area contributed by atoms with Gasteiger partial charge in [-0.15, -0.1) is 0 Å². The van der Waals surface area contributed by atoms with Crippen LogP contribution in [0.2, 0.25) is 0 Å². The molecule has 6 N–H and O–H groups in total. The first-order valence-corrected chi connectivity index (χ1v) is 14.4. The first-order chi connectivity index (χ1) is 20.2. The lowest BCUT2D eigenvalue weighted by Crippen LogP contribution is -2.65. The van der Waals surface area contributed by atoms with E-state index >= 15 is 0 Å². The molecule has 13 heteroatoms. The molecule has 0 aromatic heterocycles. The molecule has 1 saturated heterocycles. The molecule has 2 amide bonds. The van der Waals surface area contributed by atoms with Gasteiger partial charge in [-0.2, -0.15) is 0 Å². The molecule has 4 aliphatic carbocycles. The number of piperazine rings is 1. The van der Waals surface area contributed by atoms with Gasteiger partial charge in [0.05, 0.1) is 23.8 Å². The predicted octanol–water partition coefficient (Wildman–Crippen LogP) is -0.159. The quantitative estimate of drug-likeness (QED) is 0.285. The predicted molar refractivity (Wildman–Crippen MR) is 156 cm³/mol. The Hall–Kier alpha value is -3.94. The Labute approximate surface area is 248 Å². The molecule has 5 aliphatic rings. The fourth-order valence-electron chi connectivity index (χ4n) is 7.58. The minimum absolute atomic E-state index is 0.00273. The van der Waals surface area contributed by atoms with Gasteiger partial charge in [-0.3, -0.25) is 29.0 Å². The van der Waals surface area contributed by atoms with Crippen molar-refractivity contribution in [3.8, 4) is 5.75 Å². The number of rotatable bonds is 5. The van der Waals surface area contributed by atoms with E-state index in [9.17, 15) is 39.6 Å². The zero-order valence-electron chi connectivity index (χ0n) is 24.6. The lowest BCUT2D eigenvalue weighted by Gasteiger charge is -2.50. The van der Waals surface area contributed by atoms with Crippen LogP contribution in [0.5, 0.6) is 5.75 Å². The zero-order chi connectivity index (χ0) is 31.3. The number of carbonyl (C=O) groups is 4. The molecule has 3 fully saturated rings. The first-order valence-electron chi connectivity index (χ1n) is 14.4. The molecule has 1 aromatic rings. The van der Waals surface area contributed by atoms with Crippen LogP contribution < -0.4 is 15.5 Å². The van der Waals surface area contributed by atoms with Crippen LogP contribution in [0.3, 0.4) is 0 Å². The van der Waals surface area contributed by atoms with Gasteiger partial charge in [0, 0.05) is 50.4 Å². The lowest BCUT2D eigenvalue weighted by molar-refractivity contribution is -0.153. The number of amides is 2. The number of hydrogen-bond donors (Lipinski definition) is 5. The summed E-state index contributed by atoms with van der Waals surface area (Å²) in [6, 6.07) is 0.960. The number of aliphatic hydroxyl groups is 3. The third kappa shape index (κ3) is 4.09. The van der Waals surface area contributed by atoms with Crippen LogP contribution in [-0.2, 0) is 25.6 Å². The van der Waals surface area contributed by atoms with Crippen LogP contribution in [0.15, 0.2) is 23.0 Å². The topological polar surface area (TPSA) is 188 Å². The number of Topliss-reactive ketones (excluding diaryl/α,β-unsaturated/α-hetero) is 2. The number of phenols is 1. The van der Waals surface area contributed by atoms with Crippen molar-refractivity contribution >= 4 is 40.5 Å². The molecular formula is C30H37N5O8. The van der Waals surface area contributed by atoms with E-state index in [4.69, 9.17) is 5.73 Å². The lowest BCUT2D eigenvalue weighted by atomic mass is 9.57. The van der Waals surface area contributed by atoms with Gasteiger partial charge < -0.3 is 36.0 Å². The summed E-state index contributed by atoms with van der Waals surface area (Å²) in [7, 11) is 6.70. The van der Waals surface area contributed by atoms with Gasteiger partial charge in [-0.25, -0.2) is 0 Å². The Kier molecular flexibility index (Phi) is 6.64. The number of anilines is 2. The maximum absolute atomic E-state index is 14.2. The second-order valence-electron chi connectivity index (χ2n) is 12.7. The molecule has 2 unspecified atom stereocenters. The summed E-state index contributed by atoms with van der Waals surface area (Å²) in [5, 5.41) is 46.2. The van der Waals surface area contributed by atoms with Gasteiger partial charge in [0.2, 0.25) is 11.7 Å². The van der Waals surface area contributed by atoms with Crippen molar-refractivity contribution in [2.45, 2.75) is 43.4 Å². The fourth-order valence-corrected chi connectivity index (χ4v) is 7.58. The highest BCUT2D eigenvalue weighted by Crippen LogP contribution is 2.55. The number of hydrogen-bond acceptors (Lipinski definition) is 11. The molecule has 6 rings (SSSR count). The number of nitrogens with two attached hydrogens (primary N) is 1. The summed E-state index contributed by atoms with van der Waals surface area (Å²) in [5.74, 6) is -7.27. The Balaban J connectivity index is 1.50. The number of ketones is 2. The standard InChI is InChI=1S/C30H37N5O8/c1-32(2)17-11-18(35-8-7-34(12-19(35)36)14-5-6-14)24(37)21-15(17)9-13-10-16-23(33(3)4)26(39)22(29(31)42)28(41)30(16,43)27(40)20(13)25(21)38/h11,13-14,16,23,37-38,41,43H,5-10,12H2,1-4H3,(H2,31,42)/t13?,16?,23-,30-/m0/s1. The van der Waals surface area contributed by atoms with Gasteiger partial charge in [0.1, 0.15) is 17.1 Å². The van der Waals surface area contributed by atoms with E-state index in [-0.39, 0.29) is 47.9 Å². The second kappa shape index (κ2) is 9.79. The first kappa shape index (κ1) is 29.1. The highest BCUT2D eigenvalue weighted by Gasteiger charge is 2.64. The summed E-state index contributed by atoms with van der Waals surface area (Å²) in [6.07, 6.45) is 2.28. The van der Waals surface area contributed by atoms with E-state index in [1.807, 2.05) is 0 Å². The number of aliphatic hydroxyl groups excluding tert-OH is 2. The Morgan fingerprint density at radius 3 is 2.30 bits per heavy atom. The molecule has 0 radical (unpaired) electrons. The SMILES string of the molecule is CN(C)c1cc(N2CCN(C3CC3)CC2=O)c(O)c2c1CC1CC3[C@H](N(C)C)C(=O)C(C(N)=O)=C(O)[C@@]3(O)C(=O)C1=C2O. The largest absolute Gasteiger partial charge is 0.508 e. The number of benzene rings is 1. The van der Waals surface area contributed by atoms with E-state index < -0.39 is 58.0 Å². The normalized spacial score (nSPS) is 29.6. The highest BCUT2D eigenvalue weighted by molar-refractivity contribution is 6.24. The highest BCUT2D eigenvalue weighted by atomic mass is 16.3. The minimum Gasteiger partial charge on any atom is -0.508 e. The molecule has 4 atom stereocenters. The molecule has 0 spiro atoms. The van der Waals surface area contributed by atoms with Crippen LogP contribution in [0, 0.1) is 11.8 Å². The maximum atomic E-state index is 14.2. The summed E-state index contributed by atoms with van der Waals surface area (Å²) < 4.78 is 0. The van der Waals surface area contributed by atoms with Gasteiger partial charge in [-0.05, 0) is 57.3 Å². The monoisotopic (exact) mass is 595 g/mol. The van der Waals surface area contributed by atoms with Gasteiger partial charge in [0.15, 0.2) is 17.1 Å². The van der Waals surface area contributed by atoms with Gasteiger partial charge in [0.25, 0.3) is 5.91 Å². The van der Waals surface area contributed by atoms with Gasteiger partial charge in [-0.1, -0.05) is 0 Å². The summed E-state index contributed by atoms with van der Waals surface area (Å²) in [5.41, 5.74) is 2.94. The van der Waals surface area contributed by atoms with Crippen molar-refractivity contribution in [1.29, 1.82) is 0 Å². The number of fused-ring (bicyclic) bond motifs is 3. The van der Waals surface area contributed by atoms with Crippen LogP contribution in [0.1, 0.15) is 30.4 Å². The molecule has 2 saturated carbocycles. The van der Waals surface area contributed by atoms with E-state index in [0.29, 0.717) is 30.4 Å². The number of phenolic OH excluding ortho intramolecular Hbond substituents is 1. The Bertz CT molecular complexity index is 1540. The van der Waals surface area contributed by atoms with Crippen molar-refractivity contribution < 1.29 is 39.6 Å². The summed E-state index contributed by atoms with van der Waals surface area (Å²) in [4.78, 5) is 59.8. The van der Waals surface area contributed by atoms with Crippen molar-refractivity contribution in [1.82, 2.24) is 9.80 Å². The zero-order valence-corrected chi connectivity index (χ0v) is 24.6. The average molecular weight is 596 g/mol. The number of nitrogens with zero attached hydrogens (tertiary/aromatic N) is 4. The molecule has 1 aliphatic heterocycles. The number of primary amides is 1. The number of aromatic hydroxyl groups is 1. The van der Waals surface area contributed by atoms with Crippen molar-refractivity contribution in [3.63, 3.8) is 0 Å². The number of likely N-dealkylation sites (N-methyl/N-ethyl adjacent to an activating group) is 1. The summed E-state index contributed by atoms with van der Waals surface area (Å²) >= 11 is 0. The average Bonchev–Trinajstić information content (AvgIpc) is 3.76. The smallest absolute Gasteiger partial charge is 0.255 e. The Morgan fingerprint density at radius 2 is 1.74 bits per heavy atom. The van der Waals surface area contributed by atoms with E-state index in [2.05, 4.69) is 4.90 Å². The van der Waals surface area contributed by atoms with E-state index in [0.717, 1.165) is 12.8 Å². The van der Waals surface area contributed by atoms with Crippen LogP contribution >= 0.6 is 0 Å².